The standard InChI is InChI=1S/C20H20O5/c1-11(2)8-9-13-14(21)10-15-16(17(13)22)18(23)19(24)20(25-15)12-6-4-3-5-7-12/h3-8,10,19-22,24H,9H2,1-2H3/t19-,20-/m1/s1. The summed E-state index contributed by atoms with van der Waals surface area (Å²) in [6.45, 7) is 3.80. The van der Waals surface area contributed by atoms with Crippen molar-refractivity contribution in [3.8, 4) is 17.2 Å². The molecule has 5 heteroatoms. The summed E-state index contributed by atoms with van der Waals surface area (Å²) in [6.07, 6.45) is -0.206. The molecule has 0 unspecified atom stereocenters. The van der Waals surface area contributed by atoms with Crippen LogP contribution in [0.25, 0.3) is 0 Å². The Morgan fingerprint density at radius 3 is 2.52 bits per heavy atom. The maximum Gasteiger partial charge on any atom is 0.202 e. The van der Waals surface area contributed by atoms with E-state index < -0.39 is 18.0 Å². The first-order valence-corrected chi connectivity index (χ1v) is 8.05. The molecule has 0 spiro atoms. The number of rotatable bonds is 3. The van der Waals surface area contributed by atoms with Crippen molar-refractivity contribution in [3.63, 3.8) is 0 Å². The van der Waals surface area contributed by atoms with E-state index in [9.17, 15) is 20.1 Å². The molecule has 2 aromatic carbocycles. The number of allylic oxidation sites excluding steroid dienone is 2. The van der Waals surface area contributed by atoms with Gasteiger partial charge in [0.25, 0.3) is 0 Å². The van der Waals surface area contributed by atoms with Gasteiger partial charge in [-0.25, -0.2) is 0 Å². The van der Waals surface area contributed by atoms with Gasteiger partial charge in [0.2, 0.25) is 5.78 Å². The number of hydrogen-bond acceptors (Lipinski definition) is 5. The number of aliphatic hydroxyl groups excluding tert-OH is 1. The van der Waals surface area contributed by atoms with Gasteiger partial charge in [0.15, 0.2) is 12.2 Å². The second-order valence-electron chi connectivity index (χ2n) is 6.34. The zero-order chi connectivity index (χ0) is 18.1. The molecule has 0 bridgehead atoms. The third-order valence-corrected chi connectivity index (χ3v) is 4.24. The molecule has 0 aliphatic carbocycles. The average molecular weight is 340 g/mol. The molecule has 25 heavy (non-hydrogen) atoms. The van der Waals surface area contributed by atoms with Crippen LogP contribution in [0.5, 0.6) is 17.2 Å². The van der Waals surface area contributed by atoms with Gasteiger partial charge in [0.05, 0.1) is 0 Å². The van der Waals surface area contributed by atoms with E-state index in [1.807, 2.05) is 26.0 Å². The lowest BCUT2D eigenvalue weighted by Crippen LogP contribution is -2.36. The summed E-state index contributed by atoms with van der Waals surface area (Å²) in [4.78, 5) is 12.6. The predicted octanol–water partition coefficient (Wildman–Crippen LogP) is 3.28. The van der Waals surface area contributed by atoms with Gasteiger partial charge in [-0.2, -0.15) is 0 Å². The lowest BCUT2D eigenvalue weighted by molar-refractivity contribution is 0.0210. The largest absolute Gasteiger partial charge is 0.507 e. The normalized spacial score (nSPS) is 19.1. The molecule has 2 aromatic rings. The van der Waals surface area contributed by atoms with Crippen LogP contribution in [-0.2, 0) is 6.42 Å². The van der Waals surface area contributed by atoms with Crippen LogP contribution in [0.3, 0.4) is 0 Å². The number of carbonyl (C=O) groups excluding carboxylic acids is 1. The van der Waals surface area contributed by atoms with E-state index in [0.29, 0.717) is 5.56 Å². The second-order valence-corrected chi connectivity index (χ2v) is 6.34. The molecule has 1 aliphatic rings. The first kappa shape index (κ1) is 17.0. The van der Waals surface area contributed by atoms with E-state index in [0.717, 1.165) is 5.57 Å². The van der Waals surface area contributed by atoms with Crippen molar-refractivity contribution < 1.29 is 24.9 Å². The fourth-order valence-electron chi connectivity index (χ4n) is 2.89. The fraction of sp³-hybridized carbons (Fsp3) is 0.250. The minimum Gasteiger partial charge on any atom is -0.507 e. The Bertz CT molecular complexity index is 835. The molecule has 1 heterocycles. The fourth-order valence-corrected chi connectivity index (χ4v) is 2.89. The van der Waals surface area contributed by atoms with Crippen LogP contribution in [0, 0.1) is 0 Å². The molecule has 0 aromatic heterocycles. The number of phenolic OH excluding ortho intramolecular Hbond substituents is 2. The molecule has 0 saturated carbocycles. The number of fused-ring (bicyclic) bond motifs is 1. The lowest BCUT2D eigenvalue weighted by Gasteiger charge is -2.30. The third-order valence-electron chi connectivity index (χ3n) is 4.24. The van der Waals surface area contributed by atoms with E-state index in [4.69, 9.17) is 4.74 Å². The maximum atomic E-state index is 12.6. The Kier molecular flexibility index (Phi) is 4.51. The van der Waals surface area contributed by atoms with Crippen molar-refractivity contribution >= 4 is 5.78 Å². The predicted molar refractivity (Wildman–Crippen MR) is 93.1 cm³/mol. The van der Waals surface area contributed by atoms with Crippen molar-refractivity contribution in [2.75, 3.05) is 0 Å². The molecule has 130 valence electrons. The Hall–Kier alpha value is -2.79. The lowest BCUT2D eigenvalue weighted by atomic mass is 9.91. The number of aliphatic hydroxyl groups is 1. The van der Waals surface area contributed by atoms with E-state index in [-0.39, 0.29) is 34.8 Å². The van der Waals surface area contributed by atoms with Crippen molar-refractivity contribution in [3.05, 3.63) is 64.7 Å². The highest BCUT2D eigenvalue weighted by Gasteiger charge is 2.39. The van der Waals surface area contributed by atoms with Crippen molar-refractivity contribution in [2.24, 2.45) is 0 Å². The summed E-state index contributed by atoms with van der Waals surface area (Å²) in [7, 11) is 0. The van der Waals surface area contributed by atoms with Crippen LogP contribution in [-0.4, -0.2) is 27.2 Å². The number of ketones is 1. The number of carbonyl (C=O) groups is 1. The number of aromatic hydroxyl groups is 2. The Labute approximate surface area is 145 Å². The quantitative estimate of drug-likeness (QED) is 0.747. The van der Waals surface area contributed by atoms with Crippen molar-refractivity contribution in [1.82, 2.24) is 0 Å². The van der Waals surface area contributed by atoms with Crippen LogP contribution in [0.15, 0.2) is 48.0 Å². The Morgan fingerprint density at radius 2 is 1.88 bits per heavy atom. The van der Waals surface area contributed by atoms with Gasteiger partial charge in [-0.1, -0.05) is 42.0 Å². The van der Waals surface area contributed by atoms with Gasteiger partial charge in [-0.15, -0.1) is 0 Å². The van der Waals surface area contributed by atoms with E-state index in [1.165, 1.54) is 6.07 Å². The van der Waals surface area contributed by atoms with Crippen LogP contribution in [0.4, 0.5) is 0 Å². The monoisotopic (exact) mass is 340 g/mol. The van der Waals surface area contributed by atoms with Gasteiger partial charge in [0, 0.05) is 11.6 Å². The zero-order valence-electron chi connectivity index (χ0n) is 14.1. The number of hydrogen-bond donors (Lipinski definition) is 3. The van der Waals surface area contributed by atoms with Crippen LogP contribution in [0.2, 0.25) is 0 Å². The summed E-state index contributed by atoms with van der Waals surface area (Å²) >= 11 is 0. The molecule has 2 atom stereocenters. The smallest absolute Gasteiger partial charge is 0.202 e. The Balaban J connectivity index is 2.06. The molecule has 0 amide bonds. The maximum absolute atomic E-state index is 12.6. The van der Waals surface area contributed by atoms with E-state index >= 15 is 0 Å². The summed E-state index contributed by atoms with van der Waals surface area (Å²) in [5, 5.41) is 31.1. The average Bonchev–Trinajstić information content (AvgIpc) is 2.58. The van der Waals surface area contributed by atoms with Gasteiger partial charge in [-0.3, -0.25) is 4.79 Å². The second kappa shape index (κ2) is 6.61. The van der Waals surface area contributed by atoms with E-state index in [1.54, 1.807) is 24.3 Å². The summed E-state index contributed by atoms with van der Waals surface area (Å²) in [5.74, 6) is -1.04. The van der Waals surface area contributed by atoms with Gasteiger partial charge in [-0.05, 0) is 25.8 Å². The molecule has 5 nitrogen and oxygen atoms in total. The van der Waals surface area contributed by atoms with Gasteiger partial charge < -0.3 is 20.1 Å². The zero-order valence-corrected chi connectivity index (χ0v) is 14.1. The minimum atomic E-state index is -1.43. The molecule has 1 aliphatic heterocycles. The summed E-state index contributed by atoms with van der Waals surface area (Å²) < 4.78 is 5.74. The molecule has 0 radical (unpaired) electrons. The Morgan fingerprint density at radius 1 is 1.20 bits per heavy atom. The van der Waals surface area contributed by atoms with Crippen LogP contribution < -0.4 is 4.74 Å². The summed E-state index contributed by atoms with van der Waals surface area (Å²) in [5.41, 5.74) is 1.81. The minimum absolute atomic E-state index is 0.0695. The van der Waals surface area contributed by atoms with Gasteiger partial charge in [0.1, 0.15) is 22.8 Å². The van der Waals surface area contributed by atoms with Crippen molar-refractivity contribution in [1.29, 1.82) is 0 Å². The highest BCUT2D eigenvalue weighted by Crippen LogP contribution is 2.44. The molecule has 3 N–H and O–H groups in total. The highest BCUT2D eigenvalue weighted by molar-refractivity contribution is 6.06. The number of benzene rings is 2. The van der Waals surface area contributed by atoms with Gasteiger partial charge >= 0.3 is 0 Å². The highest BCUT2D eigenvalue weighted by atomic mass is 16.5. The SMILES string of the molecule is CC(C)=CCc1c(O)cc2c(c1O)C(=O)[C@@H](O)[C@@H](c1ccccc1)O2. The first-order chi connectivity index (χ1) is 11.9. The molecule has 3 rings (SSSR count). The van der Waals surface area contributed by atoms with E-state index in [2.05, 4.69) is 0 Å². The number of phenols is 2. The number of Topliss-reactive ketones (excluding diaryl/α,β-unsaturated/α-hetero) is 1. The molecular formula is C20H20O5. The first-order valence-electron chi connectivity index (χ1n) is 8.05. The molecule has 0 saturated heterocycles. The third kappa shape index (κ3) is 3.10. The topological polar surface area (TPSA) is 87.0 Å². The van der Waals surface area contributed by atoms with Crippen molar-refractivity contribution in [2.45, 2.75) is 32.5 Å². The van der Waals surface area contributed by atoms with Crippen LogP contribution >= 0.6 is 0 Å². The van der Waals surface area contributed by atoms with Crippen LogP contribution in [0.1, 0.15) is 41.4 Å². The summed E-state index contributed by atoms with van der Waals surface area (Å²) in [6, 6.07) is 10.2. The number of ether oxygens (including phenoxy) is 1. The molecular weight excluding hydrogens is 320 g/mol. The molecule has 0 fully saturated rings.